The summed E-state index contributed by atoms with van der Waals surface area (Å²) in [6.45, 7) is 3.70. The molecule has 0 spiro atoms. The zero-order valence-electron chi connectivity index (χ0n) is 24.6. The maximum atomic E-state index is 13.1. The molecule has 1 aliphatic rings. The third kappa shape index (κ3) is 6.14. The molecule has 2 aromatic heterocycles. The van der Waals surface area contributed by atoms with Gasteiger partial charge in [0.1, 0.15) is 17.2 Å². The maximum absolute atomic E-state index is 13.1. The van der Waals surface area contributed by atoms with Crippen LogP contribution in [0, 0.1) is 6.92 Å². The van der Waals surface area contributed by atoms with Gasteiger partial charge < -0.3 is 29.2 Å². The number of amides is 1. The number of hydrogen-bond acceptors (Lipinski definition) is 7. The first-order valence-electron chi connectivity index (χ1n) is 14.5. The van der Waals surface area contributed by atoms with Crippen LogP contribution in [0.2, 0.25) is 0 Å². The molecule has 224 valence electrons. The van der Waals surface area contributed by atoms with Gasteiger partial charge in [0.25, 0.3) is 5.91 Å². The first-order chi connectivity index (χ1) is 21.4. The molecule has 0 atom stereocenters. The number of aryl methyl sites for hydroxylation is 1. The van der Waals surface area contributed by atoms with E-state index in [2.05, 4.69) is 33.4 Å². The lowest BCUT2D eigenvalue weighted by Gasteiger charge is -2.32. The van der Waals surface area contributed by atoms with Crippen molar-refractivity contribution in [1.82, 2.24) is 4.98 Å². The second-order valence-electron chi connectivity index (χ2n) is 10.8. The Morgan fingerprint density at radius 3 is 2.50 bits per heavy atom. The summed E-state index contributed by atoms with van der Waals surface area (Å²) in [7, 11) is 1.56. The van der Waals surface area contributed by atoms with Crippen LogP contribution in [0.3, 0.4) is 0 Å². The van der Waals surface area contributed by atoms with Gasteiger partial charge in [-0.1, -0.05) is 36.4 Å². The van der Waals surface area contributed by atoms with Crippen LogP contribution in [-0.4, -0.2) is 48.3 Å². The van der Waals surface area contributed by atoms with Gasteiger partial charge >= 0.3 is 5.97 Å². The monoisotopic (exact) mass is 591 g/mol. The molecule has 0 saturated carbocycles. The maximum Gasteiger partial charge on any atom is 0.335 e. The molecule has 1 fully saturated rings. The van der Waals surface area contributed by atoms with Gasteiger partial charge in [0.15, 0.2) is 5.76 Å². The SMILES string of the molecule is COc1ccc(C(=O)O)cc1COC1CCN(c2ccc(NC(=O)c3oc4ccc(-c5ccccc5)cc4c3C)cn2)CC1. The van der Waals surface area contributed by atoms with Crippen LogP contribution in [0.15, 0.2) is 89.5 Å². The number of nitrogens with zero attached hydrogens (tertiary/aromatic N) is 2. The third-order valence-electron chi connectivity index (χ3n) is 8.02. The average molecular weight is 592 g/mol. The van der Waals surface area contributed by atoms with Crippen molar-refractivity contribution in [3.8, 4) is 16.9 Å². The summed E-state index contributed by atoms with van der Waals surface area (Å²) in [5, 5.41) is 13.1. The smallest absolute Gasteiger partial charge is 0.335 e. The van der Waals surface area contributed by atoms with Gasteiger partial charge in [0, 0.05) is 29.6 Å². The highest BCUT2D eigenvalue weighted by atomic mass is 16.5. The van der Waals surface area contributed by atoms with Gasteiger partial charge in [0.2, 0.25) is 0 Å². The highest BCUT2D eigenvalue weighted by molar-refractivity contribution is 6.06. The van der Waals surface area contributed by atoms with Crippen LogP contribution >= 0.6 is 0 Å². The largest absolute Gasteiger partial charge is 0.496 e. The summed E-state index contributed by atoms with van der Waals surface area (Å²) in [4.78, 5) is 31.3. The van der Waals surface area contributed by atoms with E-state index in [9.17, 15) is 14.7 Å². The lowest BCUT2D eigenvalue weighted by atomic mass is 10.0. The van der Waals surface area contributed by atoms with Crippen molar-refractivity contribution in [3.05, 3.63) is 108 Å². The van der Waals surface area contributed by atoms with Gasteiger partial charge in [-0.05, 0) is 73.4 Å². The Bertz CT molecular complexity index is 1790. The van der Waals surface area contributed by atoms with Gasteiger partial charge in [0.05, 0.1) is 37.3 Å². The number of carbonyl (C=O) groups is 2. The first kappa shape index (κ1) is 28.9. The molecule has 6 rings (SSSR count). The Labute approximate surface area is 255 Å². The molecule has 1 saturated heterocycles. The van der Waals surface area contributed by atoms with Gasteiger partial charge in [-0.2, -0.15) is 0 Å². The molecule has 9 heteroatoms. The number of benzene rings is 3. The van der Waals surface area contributed by atoms with Crippen molar-refractivity contribution < 1.29 is 28.6 Å². The van der Waals surface area contributed by atoms with E-state index in [0.29, 0.717) is 22.6 Å². The number of hydrogen-bond donors (Lipinski definition) is 2. The van der Waals surface area contributed by atoms with E-state index in [4.69, 9.17) is 13.9 Å². The average Bonchev–Trinajstić information content (AvgIpc) is 3.40. The highest BCUT2D eigenvalue weighted by Crippen LogP contribution is 2.31. The molecule has 3 heterocycles. The van der Waals surface area contributed by atoms with E-state index in [1.165, 1.54) is 6.07 Å². The van der Waals surface area contributed by atoms with Crippen molar-refractivity contribution in [3.63, 3.8) is 0 Å². The van der Waals surface area contributed by atoms with Gasteiger partial charge in [-0.25, -0.2) is 9.78 Å². The Hall–Kier alpha value is -5.15. The Morgan fingerprint density at radius 2 is 1.80 bits per heavy atom. The summed E-state index contributed by atoms with van der Waals surface area (Å²) < 4.78 is 17.4. The number of nitrogens with one attached hydrogen (secondary N) is 1. The van der Waals surface area contributed by atoms with E-state index in [0.717, 1.165) is 53.8 Å². The summed E-state index contributed by atoms with van der Waals surface area (Å²) in [5.41, 5.74) is 5.13. The second kappa shape index (κ2) is 12.6. The summed E-state index contributed by atoms with van der Waals surface area (Å²) in [6, 6.07) is 24.6. The molecule has 0 aliphatic carbocycles. The molecule has 44 heavy (non-hydrogen) atoms. The van der Waals surface area contributed by atoms with Gasteiger partial charge in [-0.15, -0.1) is 0 Å². The van der Waals surface area contributed by atoms with E-state index < -0.39 is 5.97 Å². The van der Waals surface area contributed by atoms with E-state index in [1.54, 1.807) is 25.4 Å². The molecular weight excluding hydrogens is 558 g/mol. The number of methoxy groups -OCH3 is 1. The number of carbonyl (C=O) groups excluding carboxylic acids is 1. The summed E-state index contributed by atoms with van der Waals surface area (Å²) >= 11 is 0. The molecule has 1 aliphatic heterocycles. The number of aromatic nitrogens is 1. The Kier molecular flexibility index (Phi) is 8.29. The Balaban J connectivity index is 1.04. The lowest BCUT2D eigenvalue weighted by Crippen LogP contribution is -2.37. The minimum absolute atomic E-state index is 0.0406. The van der Waals surface area contributed by atoms with Crippen molar-refractivity contribution in [2.45, 2.75) is 32.5 Å². The summed E-state index contributed by atoms with van der Waals surface area (Å²) in [6.07, 6.45) is 3.30. The molecule has 5 aromatic rings. The zero-order chi connectivity index (χ0) is 30.6. The van der Waals surface area contributed by atoms with Crippen LogP contribution in [-0.2, 0) is 11.3 Å². The standard InChI is InChI=1S/C35H33N3O6/c1-22-29-19-24(23-6-4-3-5-7-23)8-12-31(29)44-33(22)34(39)37-27-10-13-32(36-20-27)38-16-14-28(15-17-38)43-21-26-18-25(35(40)41)9-11-30(26)42-2/h3-13,18-20,28H,14-17,21H2,1-2H3,(H,37,39)(H,40,41). The molecule has 1 amide bonds. The topological polar surface area (TPSA) is 114 Å². The number of rotatable bonds is 9. The molecule has 0 radical (unpaired) electrons. The zero-order valence-corrected chi connectivity index (χ0v) is 24.6. The Morgan fingerprint density at radius 1 is 1.00 bits per heavy atom. The van der Waals surface area contributed by atoms with Crippen LogP contribution in [0.1, 0.15) is 44.9 Å². The van der Waals surface area contributed by atoms with Crippen LogP contribution in [0.5, 0.6) is 5.75 Å². The predicted molar refractivity (Wildman–Crippen MR) is 169 cm³/mol. The fourth-order valence-corrected chi connectivity index (χ4v) is 5.57. The number of pyridine rings is 1. The fourth-order valence-electron chi connectivity index (χ4n) is 5.57. The lowest BCUT2D eigenvalue weighted by molar-refractivity contribution is 0.0241. The van der Waals surface area contributed by atoms with E-state index >= 15 is 0 Å². The second-order valence-corrected chi connectivity index (χ2v) is 10.8. The molecule has 0 unspecified atom stereocenters. The third-order valence-corrected chi connectivity index (χ3v) is 8.02. The number of aromatic carboxylic acids is 1. The van der Waals surface area contributed by atoms with Crippen LogP contribution < -0.4 is 15.0 Å². The minimum Gasteiger partial charge on any atom is -0.496 e. The number of furan rings is 1. The van der Waals surface area contributed by atoms with Crippen molar-refractivity contribution in [1.29, 1.82) is 0 Å². The highest BCUT2D eigenvalue weighted by Gasteiger charge is 2.22. The molecule has 9 nitrogen and oxygen atoms in total. The van der Waals surface area contributed by atoms with Gasteiger partial charge in [-0.3, -0.25) is 4.79 Å². The summed E-state index contributed by atoms with van der Waals surface area (Å²) in [5.74, 6) is 0.409. The van der Waals surface area contributed by atoms with E-state index in [1.807, 2.05) is 49.4 Å². The van der Waals surface area contributed by atoms with E-state index in [-0.39, 0.29) is 29.9 Å². The van der Waals surface area contributed by atoms with Crippen molar-refractivity contribution >= 4 is 34.4 Å². The molecule has 2 N–H and O–H groups in total. The van der Waals surface area contributed by atoms with Crippen LogP contribution in [0.25, 0.3) is 22.1 Å². The van der Waals surface area contributed by atoms with Crippen LogP contribution in [0.4, 0.5) is 11.5 Å². The number of fused-ring (bicyclic) bond motifs is 1. The van der Waals surface area contributed by atoms with Crippen molar-refractivity contribution in [2.24, 2.45) is 0 Å². The molecular formula is C35H33N3O6. The number of carboxylic acids is 1. The quantitative estimate of drug-likeness (QED) is 0.189. The fraction of sp³-hybridized carbons (Fsp3) is 0.229. The number of anilines is 2. The molecule has 3 aromatic carbocycles. The normalized spacial score (nSPS) is 13.6. The molecule has 0 bridgehead atoms. The minimum atomic E-state index is -0.984. The first-order valence-corrected chi connectivity index (χ1v) is 14.5. The van der Waals surface area contributed by atoms with Crippen molar-refractivity contribution in [2.75, 3.05) is 30.4 Å². The predicted octanol–water partition coefficient (Wildman–Crippen LogP) is 6.95. The number of piperidine rings is 1. The number of ether oxygens (including phenoxy) is 2. The number of carboxylic acid groups (broad SMARTS) is 1.